The average molecular weight is 286 g/mol. The molecule has 3 rings (SSSR count). The minimum Gasteiger partial charge on any atom is -0.387 e. The molecule has 5 atom stereocenters. The second-order valence-electron chi connectivity index (χ2n) is 6.40. The van der Waals surface area contributed by atoms with Gasteiger partial charge in [-0.1, -0.05) is 13.3 Å². The van der Waals surface area contributed by atoms with Crippen LogP contribution in [0, 0.1) is 5.92 Å². The Labute approximate surface area is 120 Å². The maximum absolute atomic E-state index is 10.6. The third-order valence-corrected chi connectivity index (χ3v) is 4.92. The summed E-state index contributed by atoms with van der Waals surface area (Å²) in [7, 11) is 1.67. The number of ether oxygens (including phenoxy) is 4. The van der Waals surface area contributed by atoms with Crippen molar-refractivity contribution in [2.24, 2.45) is 5.92 Å². The van der Waals surface area contributed by atoms with E-state index in [1.807, 2.05) is 0 Å². The smallest absolute Gasteiger partial charge is 0.169 e. The van der Waals surface area contributed by atoms with Crippen molar-refractivity contribution in [3.8, 4) is 0 Å². The number of rotatable bonds is 3. The van der Waals surface area contributed by atoms with Crippen LogP contribution in [0.2, 0.25) is 0 Å². The van der Waals surface area contributed by atoms with E-state index in [-0.39, 0.29) is 18.3 Å². The van der Waals surface area contributed by atoms with Gasteiger partial charge in [0.15, 0.2) is 5.79 Å². The molecule has 1 spiro atoms. The molecule has 1 N–H and O–H groups in total. The van der Waals surface area contributed by atoms with Crippen LogP contribution in [-0.2, 0) is 18.9 Å². The van der Waals surface area contributed by atoms with Gasteiger partial charge in [0.25, 0.3) is 0 Å². The van der Waals surface area contributed by atoms with Gasteiger partial charge < -0.3 is 24.1 Å². The zero-order valence-electron chi connectivity index (χ0n) is 12.4. The lowest BCUT2D eigenvalue weighted by molar-refractivity contribution is -0.204. The summed E-state index contributed by atoms with van der Waals surface area (Å²) in [6.07, 6.45) is 4.01. The van der Waals surface area contributed by atoms with Gasteiger partial charge in [-0.3, -0.25) is 0 Å². The molecule has 2 saturated heterocycles. The second-order valence-corrected chi connectivity index (χ2v) is 6.40. The maximum atomic E-state index is 10.6. The van der Waals surface area contributed by atoms with Gasteiger partial charge in [-0.05, 0) is 12.8 Å². The highest BCUT2D eigenvalue weighted by Gasteiger charge is 2.49. The Morgan fingerprint density at radius 3 is 2.65 bits per heavy atom. The van der Waals surface area contributed by atoms with E-state index < -0.39 is 11.9 Å². The Bertz CT molecular complexity index is 328. The summed E-state index contributed by atoms with van der Waals surface area (Å²) in [6, 6.07) is 0. The molecule has 0 aromatic heterocycles. The van der Waals surface area contributed by atoms with Crippen molar-refractivity contribution in [1.82, 2.24) is 0 Å². The zero-order valence-corrected chi connectivity index (χ0v) is 12.4. The van der Waals surface area contributed by atoms with Crippen molar-refractivity contribution in [3.05, 3.63) is 0 Å². The van der Waals surface area contributed by atoms with Crippen molar-refractivity contribution >= 4 is 0 Å². The Morgan fingerprint density at radius 2 is 1.95 bits per heavy atom. The molecule has 2 aliphatic heterocycles. The Kier molecular flexibility index (Phi) is 4.34. The Balaban J connectivity index is 1.62. The molecule has 2 heterocycles. The molecule has 0 radical (unpaired) electrons. The van der Waals surface area contributed by atoms with Crippen LogP contribution in [0.25, 0.3) is 0 Å². The molecule has 5 nitrogen and oxygen atoms in total. The Morgan fingerprint density at radius 1 is 1.20 bits per heavy atom. The molecular weight excluding hydrogens is 260 g/mol. The largest absolute Gasteiger partial charge is 0.387 e. The molecule has 0 unspecified atom stereocenters. The van der Waals surface area contributed by atoms with E-state index in [4.69, 9.17) is 18.9 Å². The second kappa shape index (κ2) is 5.89. The molecule has 3 fully saturated rings. The number of hydrogen-bond donors (Lipinski definition) is 1. The van der Waals surface area contributed by atoms with Crippen LogP contribution in [0.1, 0.15) is 39.0 Å². The lowest BCUT2D eigenvalue weighted by atomic mass is 9.94. The predicted octanol–water partition coefficient (Wildman–Crippen LogP) is 1.47. The summed E-state index contributed by atoms with van der Waals surface area (Å²) < 4.78 is 23.2. The average Bonchev–Trinajstić information content (AvgIpc) is 3.03. The van der Waals surface area contributed by atoms with Gasteiger partial charge in [0.05, 0.1) is 19.3 Å². The first-order chi connectivity index (χ1) is 9.65. The van der Waals surface area contributed by atoms with Gasteiger partial charge in [0, 0.05) is 25.9 Å². The number of aliphatic hydroxyl groups excluding tert-OH is 1. The van der Waals surface area contributed by atoms with E-state index in [1.165, 1.54) is 6.42 Å². The van der Waals surface area contributed by atoms with Gasteiger partial charge in [0.1, 0.15) is 18.3 Å². The molecule has 0 aromatic rings. The van der Waals surface area contributed by atoms with Crippen LogP contribution in [0.3, 0.4) is 0 Å². The molecule has 116 valence electrons. The van der Waals surface area contributed by atoms with Crippen LogP contribution in [0.15, 0.2) is 0 Å². The highest BCUT2D eigenvalue weighted by Crippen LogP contribution is 2.39. The SMILES string of the molecule is CO[C@@H]1[C@@H]([C@@H](O)[C@H]2COC3(CCCCC3)O2)OC[C@@H]1C. The molecule has 1 aliphatic carbocycles. The van der Waals surface area contributed by atoms with E-state index in [0.29, 0.717) is 19.1 Å². The molecule has 0 aromatic carbocycles. The molecule has 0 bridgehead atoms. The molecule has 3 aliphatic rings. The van der Waals surface area contributed by atoms with Crippen molar-refractivity contribution < 1.29 is 24.1 Å². The predicted molar refractivity (Wildman–Crippen MR) is 72.3 cm³/mol. The van der Waals surface area contributed by atoms with Crippen LogP contribution in [-0.4, -0.2) is 55.6 Å². The van der Waals surface area contributed by atoms with Gasteiger partial charge in [-0.25, -0.2) is 0 Å². The number of hydrogen-bond acceptors (Lipinski definition) is 5. The fourth-order valence-corrected chi connectivity index (χ4v) is 3.75. The molecule has 5 heteroatoms. The van der Waals surface area contributed by atoms with Gasteiger partial charge in [-0.2, -0.15) is 0 Å². The first-order valence-corrected chi connectivity index (χ1v) is 7.79. The quantitative estimate of drug-likeness (QED) is 0.851. The fraction of sp³-hybridized carbons (Fsp3) is 1.00. The summed E-state index contributed by atoms with van der Waals surface area (Å²) in [5.74, 6) is -0.151. The fourth-order valence-electron chi connectivity index (χ4n) is 3.75. The lowest BCUT2D eigenvalue weighted by Gasteiger charge is -2.33. The van der Waals surface area contributed by atoms with Crippen molar-refractivity contribution in [2.45, 2.75) is 69.2 Å². The normalized spacial score (nSPS) is 42.1. The molecule has 1 saturated carbocycles. The van der Waals surface area contributed by atoms with Crippen molar-refractivity contribution in [1.29, 1.82) is 0 Å². The number of methoxy groups -OCH3 is 1. The first kappa shape index (κ1) is 14.7. The minimum absolute atomic E-state index is 0.0727. The van der Waals surface area contributed by atoms with Crippen LogP contribution in [0.4, 0.5) is 0 Å². The topological polar surface area (TPSA) is 57.2 Å². The summed E-state index contributed by atoms with van der Waals surface area (Å²) in [4.78, 5) is 0. The summed E-state index contributed by atoms with van der Waals surface area (Å²) in [5, 5.41) is 10.6. The van der Waals surface area contributed by atoms with Gasteiger partial charge >= 0.3 is 0 Å². The van der Waals surface area contributed by atoms with E-state index in [9.17, 15) is 5.11 Å². The highest BCUT2D eigenvalue weighted by atomic mass is 16.7. The van der Waals surface area contributed by atoms with Crippen LogP contribution < -0.4 is 0 Å². The van der Waals surface area contributed by atoms with Crippen molar-refractivity contribution in [2.75, 3.05) is 20.3 Å². The van der Waals surface area contributed by atoms with E-state index in [0.717, 1.165) is 25.7 Å². The third-order valence-electron chi connectivity index (χ3n) is 4.92. The Hall–Kier alpha value is -0.200. The summed E-state index contributed by atoms with van der Waals surface area (Å²) >= 11 is 0. The van der Waals surface area contributed by atoms with E-state index in [1.54, 1.807) is 7.11 Å². The van der Waals surface area contributed by atoms with Crippen LogP contribution in [0.5, 0.6) is 0 Å². The summed E-state index contributed by atoms with van der Waals surface area (Å²) in [5.41, 5.74) is 0. The van der Waals surface area contributed by atoms with Crippen molar-refractivity contribution in [3.63, 3.8) is 0 Å². The first-order valence-electron chi connectivity index (χ1n) is 7.79. The van der Waals surface area contributed by atoms with Crippen LogP contribution >= 0.6 is 0 Å². The van der Waals surface area contributed by atoms with Gasteiger partial charge in [0.2, 0.25) is 0 Å². The molecular formula is C15H26O5. The highest BCUT2D eigenvalue weighted by molar-refractivity contribution is 4.94. The zero-order chi connectivity index (χ0) is 14.2. The number of aliphatic hydroxyl groups is 1. The van der Waals surface area contributed by atoms with Gasteiger partial charge in [-0.15, -0.1) is 0 Å². The molecule has 0 amide bonds. The standard InChI is InChI=1S/C15H26O5/c1-10-8-18-14(13(10)17-2)12(16)11-9-19-15(20-11)6-4-3-5-7-15/h10-14,16H,3-9H2,1-2H3/t10-,11+,12-,13-,14+/m0/s1. The maximum Gasteiger partial charge on any atom is 0.169 e. The third kappa shape index (κ3) is 2.62. The van der Waals surface area contributed by atoms with E-state index in [2.05, 4.69) is 6.92 Å². The van der Waals surface area contributed by atoms with E-state index >= 15 is 0 Å². The monoisotopic (exact) mass is 286 g/mol. The molecule has 20 heavy (non-hydrogen) atoms. The minimum atomic E-state index is -0.689. The summed E-state index contributed by atoms with van der Waals surface area (Å²) in [6.45, 7) is 3.15. The lowest BCUT2D eigenvalue weighted by Crippen LogP contribution is -2.46.